The number of fused-ring (bicyclic) bond motifs is 1. The molecular formula is C19H17NO2. The molecule has 3 heteroatoms. The van der Waals surface area contributed by atoms with E-state index in [0.717, 1.165) is 17.4 Å². The summed E-state index contributed by atoms with van der Waals surface area (Å²) >= 11 is 0. The third kappa shape index (κ3) is 2.53. The van der Waals surface area contributed by atoms with Crippen LogP contribution in [0.2, 0.25) is 0 Å². The van der Waals surface area contributed by atoms with Crippen LogP contribution in [0.15, 0.2) is 54.6 Å². The van der Waals surface area contributed by atoms with Crippen molar-refractivity contribution in [2.75, 3.05) is 12.8 Å². The molecule has 3 aromatic carbocycles. The highest BCUT2D eigenvalue weighted by Gasteiger charge is 2.13. The predicted molar refractivity (Wildman–Crippen MR) is 89.5 cm³/mol. The van der Waals surface area contributed by atoms with Gasteiger partial charge in [-0.05, 0) is 28.5 Å². The van der Waals surface area contributed by atoms with E-state index in [2.05, 4.69) is 30.3 Å². The van der Waals surface area contributed by atoms with Gasteiger partial charge in [0.1, 0.15) is 5.75 Å². The number of ether oxygens (including phenoxy) is 1. The zero-order chi connectivity index (χ0) is 15.5. The molecule has 0 aromatic heterocycles. The van der Waals surface area contributed by atoms with Crippen molar-refractivity contribution in [3.8, 4) is 5.75 Å². The number of nitrogen functional groups attached to an aromatic ring is 1. The Morgan fingerprint density at radius 3 is 2.55 bits per heavy atom. The van der Waals surface area contributed by atoms with E-state index in [1.165, 1.54) is 10.8 Å². The van der Waals surface area contributed by atoms with Crippen molar-refractivity contribution in [3.63, 3.8) is 0 Å². The fraction of sp³-hybridized carbons (Fsp3) is 0.105. The van der Waals surface area contributed by atoms with Gasteiger partial charge < -0.3 is 10.5 Å². The molecule has 2 N–H and O–H groups in total. The SMILES string of the molecule is COc1c(C=O)ccc(N)c1Cc1ccc2ccccc2c1. The molecule has 3 nitrogen and oxygen atoms in total. The van der Waals surface area contributed by atoms with Gasteiger partial charge in [0, 0.05) is 17.7 Å². The molecule has 0 spiro atoms. The first-order valence-electron chi connectivity index (χ1n) is 7.11. The van der Waals surface area contributed by atoms with Crippen LogP contribution in [0, 0.1) is 0 Å². The number of methoxy groups -OCH3 is 1. The summed E-state index contributed by atoms with van der Waals surface area (Å²) in [5, 5.41) is 2.39. The summed E-state index contributed by atoms with van der Waals surface area (Å²) < 4.78 is 5.40. The third-order valence-corrected chi connectivity index (χ3v) is 3.85. The second-order valence-electron chi connectivity index (χ2n) is 5.23. The number of carbonyl (C=O) groups excluding carboxylic acids is 1. The van der Waals surface area contributed by atoms with Crippen molar-refractivity contribution in [1.29, 1.82) is 0 Å². The lowest BCUT2D eigenvalue weighted by atomic mass is 9.98. The summed E-state index contributed by atoms with van der Waals surface area (Å²) in [6.45, 7) is 0. The predicted octanol–water partition coefficient (Wildman–Crippen LogP) is 3.83. The highest BCUT2D eigenvalue weighted by atomic mass is 16.5. The molecule has 0 radical (unpaired) electrons. The van der Waals surface area contributed by atoms with E-state index in [1.807, 2.05) is 12.1 Å². The van der Waals surface area contributed by atoms with E-state index < -0.39 is 0 Å². The van der Waals surface area contributed by atoms with Crippen LogP contribution < -0.4 is 10.5 Å². The maximum absolute atomic E-state index is 11.2. The molecule has 3 rings (SSSR count). The van der Waals surface area contributed by atoms with Gasteiger partial charge >= 0.3 is 0 Å². The van der Waals surface area contributed by atoms with Gasteiger partial charge in [-0.15, -0.1) is 0 Å². The van der Waals surface area contributed by atoms with Crippen LogP contribution in [0.5, 0.6) is 5.75 Å². The summed E-state index contributed by atoms with van der Waals surface area (Å²) in [7, 11) is 1.56. The van der Waals surface area contributed by atoms with Crippen LogP contribution in [0.3, 0.4) is 0 Å². The van der Waals surface area contributed by atoms with Crippen LogP contribution >= 0.6 is 0 Å². The highest BCUT2D eigenvalue weighted by molar-refractivity contribution is 5.84. The lowest BCUT2D eigenvalue weighted by molar-refractivity contribution is 0.112. The number of anilines is 1. The van der Waals surface area contributed by atoms with Crippen molar-refractivity contribution in [1.82, 2.24) is 0 Å². The maximum Gasteiger partial charge on any atom is 0.153 e. The van der Waals surface area contributed by atoms with E-state index in [1.54, 1.807) is 19.2 Å². The van der Waals surface area contributed by atoms with E-state index in [0.29, 0.717) is 23.4 Å². The molecule has 3 aromatic rings. The molecule has 0 unspecified atom stereocenters. The maximum atomic E-state index is 11.2. The van der Waals surface area contributed by atoms with Crippen LogP contribution in [-0.4, -0.2) is 13.4 Å². The molecule has 0 heterocycles. The average Bonchev–Trinajstić information content (AvgIpc) is 2.56. The second-order valence-corrected chi connectivity index (χ2v) is 5.23. The zero-order valence-electron chi connectivity index (χ0n) is 12.4. The van der Waals surface area contributed by atoms with Crippen LogP contribution in [0.1, 0.15) is 21.5 Å². The normalized spacial score (nSPS) is 10.6. The Hall–Kier alpha value is -2.81. The summed E-state index contributed by atoms with van der Waals surface area (Å²) in [5.41, 5.74) is 9.22. The van der Waals surface area contributed by atoms with Crippen LogP contribution in [-0.2, 0) is 6.42 Å². The third-order valence-electron chi connectivity index (χ3n) is 3.85. The van der Waals surface area contributed by atoms with E-state index in [4.69, 9.17) is 10.5 Å². The van der Waals surface area contributed by atoms with Crippen molar-refractivity contribution >= 4 is 22.7 Å². The minimum Gasteiger partial charge on any atom is -0.496 e. The Morgan fingerprint density at radius 2 is 1.82 bits per heavy atom. The number of benzene rings is 3. The molecule has 0 aliphatic carbocycles. The van der Waals surface area contributed by atoms with Crippen molar-refractivity contribution in [2.24, 2.45) is 0 Å². The lowest BCUT2D eigenvalue weighted by Crippen LogP contribution is -2.02. The minimum absolute atomic E-state index is 0.521. The fourth-order valence-corrected chi connectivity index (χ4v) is 2.73. The lowest BCUT2D eigenvalue weighted by Gasteiger charge is -2.14. The average molecular weight is 291 g/mol. The molecular weight excluding hydrogens is 274 g/mol. The van der Waals surface area contributed by atoms with Crippen molar-refractivity contribution < 1.29 is 9.53 Å². The summed E-state index contributed by atoms with van der Waals surface area (Å²) in [6, 6.07) is 18.0. The van der Waals surface area contributed by atoms with Gasteiger partial charge in [-0.25, -0.2) is 0 Å². The molecule has 0 aliphatic heterocycles. The van der Waals surface area contributed by atoms with Gasteiger partial charge in [-0.1, -0.05) is 42.5 Å². The Labute approximate surface area is 129 Å². The van der Waals surface area contributed by atoms with Gasteiger partial charge in [0.2, 0.25) is 0 Å². The Balaban J connectivity index is 2.06. The number of hydrogen-bond donors (Lipinski definition) is 1. The highest BCUT2D eigenvalue weighted by Crippen LogP contribution is 2.31. The number of rotatable bonds is 4. The number of carbonyl (C=O) groups is 1. The molecule has 0 saturated heterocycles. The molecule has 0 saturated carbocycles. The van der Waals surface area contributed by atoms with E-state index in [9.17, 15) is 4.79 Å². The number of nitrogens with two attached hydrogens (primary N) is 1. The van der Waals surface area contributed by atoms with Gasteiger partial charge in [0.05, 0.1) is 12.7 Å². The molecule has 22 heavy (non-hydrogen) atoms. The van der Waals surface area contributed by atoms with E-state index >= 15 is 0 Å². The van der Waals surface area contributed by atoms with Crippen LogP contribution in [0.25, 0.3) is 10.8 Å². The van der Waals surface area contributed by atoms with E-state index in [-0.39, 0.29) is 0 Å². The first kappa shape index (κ1) is 14.1. The largest absolute Gasteiger partial charge is 0.496 e. The summed E-state index contributed by atoms with van der Waals surface area (Å²) in [4.78, 5) is 11.2. The summed E-state index contributed by atoms with van der Waals surface area (Å²) in [6.07, 6.45) is 1.42. The standard InChI is InChI=1S/C19H17NO2/c1-22-19-16(12-21)8-9-18(20)17(19)11-13-6-7-14-4-2-3-5-15(14)10-13/h2-10,12H,11,20H2,1H3. The fourth-order valence-electron chi connectivity index (χ4n) is 2.73. The zero-order valence-corrected chi connectivity index (χ0v) is 12.4. The monoisotopic (exact) mass is 291 g/mol. The quantitative estimate of drug-likeness (QED) is 0.587. The van der Waals surface area contributed by atoms with Gasteiger partial charge in [-0.3, -0.25) is 4.79 Å². The van der Waals surface area contributed by atoms with Crippen LogP contribution in [0.4, 0.5) is 5.69 Å². The first-order valence-corrected chi connectivity index (χ1v) is 7.11. The van der Waals surface area contributed by atoms with Gasteiger partial charge in [0.15, 0.2) is 6.29 Å². The topological polar surface area (TPSA) is 52.3 Å². The van der Waals surface area contributed by atoms with Gasteiger partial charge in [0.25, 0.3) is 0 Å². The molecule has 0 aliphatic rings. The smallest absolute Gasteiger partial charge is 0.153 e. The van der Waals surface area contributed by atoms with Gasteiger partial charge in [-0.2, -0.15) is 0 Å². The minimum atomic E-state index is 0.521. The first-order chi connectivity index (χ1) is 10.7. The summed E-state index contributed by atoms with van der Waals surface area (Å²) in [5.74, 6) is 0.558. The Bertz CT molecular complexity index is 840. The van der Waals surface area contributed by atoms with Crippen molar-refractivity contribution in [2.45, 2.75) is 6.42 Å². The molecule has 0 fully saturated rings. The molecule has 0 bridgehead atoms. The second kappa shape index (κ2) is 5.90. The number of hydrogen-bond acceptors (Lipinski definition) is 3. The molecule has 0 amide bonds. The molecule has 110 valence electrons. The Morgan fingerprint density at radius 1 is 1.05 bits per heavy atom. The number of aldehydes is 1. The van der Waals surface area contributed by atoms with Crippen molar-refractivity contribution in [3.05, 3.63) is 71.3 Å². The molecule has 0 atom stereocenters. The Kier molecular flexibility index (Phi) is 3.79.